The average molecular weight is 264 g/mol. The molecule has 2 heterocycles. The van der Waals surface area contributed by atoms with Crippen molar-refractivity contribution in [1.29, 1.82) is 10.5 Å². The first kappa shape index (κ1) is 13.3. The second-order valence-electron chi connectivity index (χ2n) is 3.94. The molecule has 2 aromatic rings. The second-order valence-corrected chi connectivity index (χ2v) is 3.94. The maximum Gasteiger partial charge on any atom is 0.126 e. The van der Waals surface area contributed by atoms with E-state index in [0.29, 0.717) is 24.2 Å². The third-order valence-corrected chi connectivity index (χ3v) is 2.52. The van der Waals surface area contributed by atoms with Crippen molar-refractivity contribution in [2.45, 2.75) is 0 Å². The molecule has 98 valence electrons. The molecule has 0 saturated heterocycles. The van der Waals surface area contributed by atoms with Gasteiger partial charge in [0.25, 0.3) is 0 Å². The molecule has 0 spiro atoms. The third kappa shape index (κ3) is 3.69. The number of nitriles is 2. The molecule has 0 radical (unpaired) electrons. The summed E-state index contributed by atoms with van der Waals surface area (Å²) in [7, 11) is 0. The van der Waals surface area contributed by atoms with Gasteiger partial charge in [0.15, 0.2) is 0 Å². The lowest BCUT2D eigenvalue weighted by atomic mass is 10.3. The molecular weight excluding hydrogens is 252 g/mol. The van der Waals surface area contributed by atoms with Crippen LogP contribution < -0.4 is 10.6 Å². The van der Waals surface area contributed by atoms with E-state index < -0.39 is 0 Å². The van der Waals surface area contributed by atoms with Gasteiger partial charge in [-0.15, -0.1) is 0 Å². The minimum atomic E-state index is 0.537. The number of anilines is 2. The first-order valence-corrected chi connectivity index (χ1v) is 6.02. The molecule has 0 atom stereocenters. The molecule has 0 bridgehead atoms. The van der Waals surface area contributed by atoms with Gasteiger partial charge < -0.3 is 10.6 Å². The minimum Gasteiger partial charge on any atom is -0.368 e. The Morgan fingerprint density at radius 2 is 1.25 bits per heavy atom. The van der Waals surface area contributed by atoms with E-state index in [1.807, 2.05) is 12.1 Å². The zero-order valence-corrected chi connectivity index (χ0v) is 10.7. The van der Waals surface area contributed by atoms with Crippen LogP contribution in [0.4, 0.5) is 11.6 Å². The van der Waals surface area contributed by atoms with Crippen LogP contribution in [0.5, 0.6) is 0 Å². The molecule has 2 N–H and O–H groups in total. The fourth-order valence-electron chi connectivity index (χ4n) is 1.51. The Labute approximate surface area is 116 Å². The van der Waals surface area contributed by atoms with Crippen LogP contribution in [0.2, 0.25) is 0 Å². The molecule has 0 unspecified atom stereocenters. The van der Waals surface area contributed by atoms with Crippen molar-refractivity contribution in [1.82, 2.24) is 9.97 Å². The predicted molar refractivity (Wildman–Crippen MR) is 74.9 cm³/mol. The highest BCUT2D eigenvalue weighted by molar-refractivity contribution is 5.41. The molecule has 0 amide bonds. The van der Waals surface area contributed by atoms with Gasteiger partial charge in [0, 0.05) is 25.5 Å². The lowest BCUT2D eigenvalue weighted by Gasteiger charge is -2.07. The van der Waals surface area contributed by atoms with Gasteiger partial charge in [0.05, 0.1) is 11.1 Å². The highest BCUT2D eigenvalue weighted by Gasteiger charge is 1.96. The highest BCUT2D eigenvalue weighted by atomic mass is 15.0. The van der Waals surface area contributed by atoms with Gasteiger partial charge in [0.2, 0.25) is 0 Å². The molecule has 0 saturated carbocycles. The summed E-state index contributed by atoms with van der Waals surface area (Å²) in [5.41, 5.74) is 1.07. The number of aromatic nitrogens is 2. The molecule has 0 aliphatic carbocycles. The Balaban J connectivity index is 1.75. The van der Waals surface area contributed by atoms with E-state index in [0.717, 1.165) is 11.6 Å². The van der Waals surface area contributed by atoms with E-state index in [4.69, 9.17) is 10.5 Å². The van der Waals surface area contributed by atoms with Crippen molar-refractivity contribution in [2.75, 3.05) is 23.7 Å². The third-order valence-electron chi connectivity index (χ3n) is 2.52. The van der Waals surface area contributed by atoms with Gasteiger partial charge in [-0.1, -0.05) is 0 Å². The molecule has 2 rings (SSSR count). The molecule has 0 fully saturated rings. The van der Waals surface area contributed by atoms with Crippen molar-refractivity contribution >= 4 is 11.6 Å². The molecule has 20 heavy (non-hydrogen) atoms. The summed E-state index contributed by atoms with van der Waals surface area (Å²) >= 11 is 0. The highest BCUT2D eigenvalue weighted by Crippen LogP contribution is 2.05. The van der Waals surface area contributed by atoms with Crippen LogP contribution >= 0.6 is 0 Å². The van der Waals surface area contributed by atoms with Crippen LogP contribution in [0.15, 0.2) is 36.7 Å². The summed E-state index contributed by atoms with van der Waals surface area (Å²) in [6.45, 7) is 1.33. The fraction of sp³-hybridized carbons (Fsp3) is 0.143. The molecular formula is C14H12N6. The maximum atomic E-state index is 8.66. The first-order valence-electron chi connectivity index (χ1n) is 6.02. The molecule has 0 aromatic carbocycles. The van der Waals surface area contributed by atoms with Gasteiger partial charge in [0.1, 0.15) is 23.8 Å². The molecule has 6 heteroatoms. The number of pyridine rings is 2. The maximum absolute atomic E-state index is 8.66. The van der Waals surface area contributed by atoms with E-state index in [-0.39, 0.29) is 0 Å². The van der Waals surface area contributed by atoms with E-state index >= 15 is 0 Å². The van der Waals surface area contributed by atoms with E-state index in [9.17, 15) is 0 Å². The minimum absolute atomic E-state index is 0.537. The van der Waals surface area contributed by atoms with Crippen LogP contribution in [0.1, 0.15) is 11.1 Å². The lowest BCUT2D eigenvalue weighted by molar-refractivity contribution is 1.04. The van der Waals surface area contributed by atoms with Crippen LogP contribution in [0, 0.1) is 22.7 Å². The van der Waals surface area contributed by atoms with Crippen LogP contribution in [0.3, 0.4) is 0 Å². The summed E-state index contributed by atoms with van der Waals surface area (Å²) in [6, 6.07) is 11.0. The molecule has 2 aromatic heterocycles. The van der Waals surface area contributed by atoms with Crippen LogP contribution in [0.25, 0.3) is 0 Å². The zero-order chi connectivity index (χ0) is 14.2. The predicted octanol–water partition coefficient (Wildman–Crippen LogP) is 1.74. The standard InChI is InChI=1S/C14H12N6/c15-7-11-1-3-13(19-9-11)17-5-6-18-14-4-2-12(8-16)10-20-14/h1-4,9-10H,5-6H2,(H,17,19)(H,18,20). The van der Waals surface area contributed by atoms with Crippen LogP contribution in [-0.2, 0) is 0 Å². The van der Waals surface area contributed by atoms with Gasteiger partial charge in [-0.3, -0.25) is 0 Å². The first-order chi connectivity index (χ1) is 9.81. The summed E-state index contributed by atoms with van der Waals surface area (Å²) in [4.78, 5) is 8.21. The Morgan fingerprint density at radius 1 is 0.800 bits per heavy atom. The Kier molecular flexibility index (Phi) is 4.47. The molecule has 0 aliphatic heterocycles. The Morgan fingerprint density at radius 3 is 1.55 bits per heavy atom. The van der Waals surface area contributed by atoms with Crippen molar-refractivity contribution in [2.24, 2.45) is 0 Å². The fourth-order valence-corrected chi connectivity index (χ4v) is 1.51. The number of rotatable bonds is 5. The molecule has 0 aliphatic rings. The van der Waals surface area contributed by atoms with Crippen molar-refractivity contribution in [3.63, 3.8) is 0 Å². The summed E-state index contributed by atoms with van der Waals surface area (Å²) in [6.07, 6.45) is 3.05. The quantitative estimate of drug-likeness (QED) is 0.798. The topological polar surface area (TPSA) is 97.4 Å². The van der Waals surface area contributed by atoms with Crippen molar-refractivity contribution < 1.29 is 0 Å². The monoisotopic (exact) mass is 264 g/mol. The van der Waals surface area contributed by atoms with E-state index in [1.54, 1.807) is 24.3 Å². The van der Waals surface area contributed by atoms with Gasteiger partial charge in [-0.25, -0.2) is 9.97 Å². The Hall–Kier alpha value is -3.12. The van der Waals surface area contributed by atoms with E-state index in [2.05, 4.69) is 20.6 Å². The zero-order valence-electron chi connectivity index (χ0n) is 10.7. The molecule has 6 nitrogen and oxygen atoms in total. The Bertz CT molecular complexity index is 574. The second kappa shape index (κ2) is 6.72. The number of hydrogen-bond donors (Lipinski definition) is 2. The smallest absolute Gasteiger partial charge is 0.126 e. The summed E-state index contributed by atoms with van der Waals surface area (Å²) < 4.78 is 0. The SMILES string of the molecule is N#Cc1ccc(NCCNc2ccc(C#N)cn2)nc1. The van der Waals surface area contributed by atoms with Crippen LogP contribution in [-0.4, -0.2) is 23.1 Å². The lowest BCUT2D eigenvalue weighted by Crippen LogP contribution is -2.14. The number of hydrogen-bond acceptors (Lipinski definition) is 6. The van der Waals surface area contributed by atoms with Gasteiger partial charge >= 0.3 is 0 Å². The van der Waals surface area contributed by atoms with Crippen molar-refractivity contribution in [3.8, 4) is 12.1 Å². The largest absolute Gasteiger partial charge is 0.368 e. The number of nitrogens with zero attached hydrogens (tertiary/aromatic N) is 4. The summed E-state index contributed by atoms with van der Waals surface area (Å²) in [5.74, 6) is 1.44. The summed E-state index contributed by atoms with van der Waals surface area (Å²) in [5, 5.41) is 23.6. The average Bonchev–Trinajstić information content (AvgIpc) is 2.53. The van der Waals surface area contributed by atoms with E-state index in [1.165, 1.54) is 12.4 Å². The normalized spacial score (nSPS) is 9.30. The van der Waals surface area contributed by atoms with Gasteiger partial charge in [-0.2, -0.15) is 10.5 Å². The van der Waals surface area contributed by atoms with Crippen molar-refractivity contribution in [3.05, 3.63) is 47.8 Å². The number of nitrogens with one attached hydrogen (secondary N) is 2. The van der Waals surface area contributed by atoms with Gasteiger partial charge in [-0.05, 0) is 24.3 Å².